The summed E-state index contributed by atoms with van der Waals surface area (Å²) in [6.45, 7) is 3.17. The summed E-state index contributed by atoms with van der Waals surface area (Å²) in [5.74, 6) is 1.88. The summed E-state index contributed by atoms with van der Waals surface area (Å²) in [6.07, 6.45) is 1.42. The van der Waals surface area contributed by atoms with Gasteiger partial charge in [0.25, 0.3) is 0 Å². The summed E-state index contributed by atoms with van der Waals surface area (Å²) < 4.78 is 0. The Hall–Kier alpha value is -0.940. The van der Waals surface area contributed by atoms with Crippen LogP contribution in [0.15, 0.2) is 30.3 Å². The molecule has 4 heteroatoms. The van der Waals surface area contributed by atoms with E-state index in [0.29, 0.717) is 6.04 Å². The molecule has 0 spiro atoms. The predicted molar refractivity (Wildman–Crippen MR) is 71.3 cm³/mol. The summed E-state index contributed by atoms with van der Waals surface area (Å²) in [7, 11) is 0. The van der Waals surface area contributed by atoms with Gasteiger partial charge in [-0.2, -0.15) is 0 Å². The lowest BCUT2D eigenvalue weighted by Gasteiger charge is -2.26. The molecule has 0 amide bonds. The number of fused-ring (bicyclic) bond motifs is 1. The molecule has 1 aliphatic carbocycles. The third-order valence-electron chi connectivity index (χ3n) is 3.88. The van der Waals surface area contributed by atoms with Gasteiger partial charge in [0.1, 0.15) is 0 Å². The number of piperidine rings is 1. The van der Waals surface area contributed by atoms with Crippen LogP contribution in [0.5, 0.6) is 0 Å². The second-order valence-corrected chi connectivity index (χ2v) is 4.88. The summed E-state index contributed by atoms with van der Waals surface area (Å²) in [5, 5.41) is 0. The number of hydrogen-bond acceptors (Lipinski definition) is 4. The molecule has 2 fully saturated rings. The van der Waals surface area contributed by atoms with E-state index in [1.54, 1.807) is 0 Å². The van der Waals surface area contributed by atoms with Crippen LogP contribution in [0, 0.1) is 11.8 Å². The fraction of sp³-hybridized carbons (Fsp3) is 0.538. The molecule has 17 heavy (non-hydrogen) atoms. The van der Waals surface area contributed by atoms with Crippen LogP contribution < -0.4 is 18.0 Å². The van der Waals surface area contributed by atoms with Crippen molar-refractivity contribution in [2.24, 2.45) is 17.6 Å². The van der Waals surface area contributed by atoms with Gasteiger partial charge in [0.15, 0.2) is 0 Å². The third kappa shape index (κ3) is 2.66. The van der Waals surface area contributed by atoms with Crippen molar-refractivity contribution in [3.8, 4) is 0 Å². The van der Waals surface area contributed by atoms with Crippen molar-refractivity contribution in [1.82, 2.24) is 17.2 Å². The fourth-order valence-corrected chi connectivity index (χ4v) is 2.98. The van der Waals surface area contributed by atoms with E-state index in [-0.39, 0.29) is 12.3 Å². The largest absolute Gasteiger partial charge is 0.344 e. The molecule has 3 atom stereocenters. The van der Waals surface area contributed by atoms with Crippen molar-refractivity contribution in [2.75, 3.05) is 13.1 Å². The maximum absolute atomic E-state index is 5.85. The summed E-state index contributed by atoms with van der Waals surface area (Å²) >= 11 is 0. The van der Waals surface area contributed by atoms with Gasteiger partial charge < -0.3 is 18.0 Å². The molecule has 2 aliphatic rings. The molecule has 1 heterocycles. The van der Waals surface area contributed by atoms with Crippen molar-refractivity contribution in [3.05, 3.63) is 35.9 Å². The Balaban J connectivity index is 0.000000722. The number of nitrogens with two attached hydrogens (primary N) is 1. The third-order valence-corrected chi connectivity index (χ3v) is 3.88. The topological polar surface area (TPSA) is 99.3 Å². The lowest BCUT2D eigenvalue weighted by atomic mass is 10.1. The zero-order valence-electron chi connectivity index (χ0n) is 10.4. The number of benzene rings is 1. The van der Waals surface area contributed by atoms with Gasteiger partial charge in [-0.05, 0) is 23.8 Å². The molecular formula is C13H24N4. The predicted octanol–water partition coefficient (Wildman–Crippen LogP) is 1.79. The Morgan fingerprint density at radius 2 is 1.88 bits per heavy atom. The van der Waals surface area contributed by atoms with E-state index in [4.69, 9.17) is 5.73 Å². The van der Waals surface area contributed by atoms with Crippen molar-refractivity contribution >= 4 is 0 Å². The molecule has 0 bridgehead atoms. The van der Waals surface area contributed by atoms with Crippen molar-refractivity contribution < 1.29 is 0 Å². The second-order valence-electron chi connectivity index (χ2n) is 4.88. The highest BCUT2D eigenvalue weighted by Gasteiger charge is 2.51. The van der Waals surface area contributed by atoms with Gasteiger partial charge in [0, 0.05) is 25.7 Å². The van der Waals surface area contributed by atoms with E-state index < -0.39 is 0 Å². The number of rotatable bonds is 3. The smallest absolute Gasteiger partial charge is 0.0253 e. The fourth-order valence-electron chi connectivity index (χ4n) is 2.98. The van der Waals surface area contributed by atoms with E-state index in [0.717, 1.165) is 24.9 Å². The molecular weight excluding hydrogens is 212 g/mol. The van der Waals surface area contributed by atoms with E-state index in [2.05, 4.69) is 35.2 Å². The molecule has 3 rings (SSSR count). The van der Waals surface area contributed by atoms with Crippen LogP contribution in [0.4, 0.5) is 0 Å². The molecule has 0 radical (unpaired) electrons. The first kappa shape index (κ1) is 14.1. The first-order valence-electron chi connectivity index (χ1n) is 5.86. The van der Waals surface area contributed by atoms with Crippen LogP contribution in [0.2, 0.25) is 0 Å². The van der Waals surface area contributed by atoms with Gasteiger partial charge in [0.05, 0.1) is 0 Å². The minimum Gasteiger partial charge on any atom is -0.344 e. The number of likely N-dealkylation sites (tertiary alicyclic amines) is 1. The Morgan fingerprint density at radius 3 is 2.53 bits per heavy atom. The van der Waals surface area contributed by atoms with Gasteiger partial charge in [-0.3, -0.25) is 4.90 Å². The summed E-state index contributed by atoms with van der Waals surface area (Å²) in [4.78, 5) is 2.56. The van der Waals surface area contributed by atoms with Gasteiger partial charge >= 0.3 is 0 Å². The maximum Gasteiger partial charge on any atom is 0.0253 e. The summed E-state index contributed by atoms with van der Waals surface area (Å²) in [5.41, 5.74) is 7.27. The van der Waals surface area contributed by atoms with Crippen LogP contribution >= 0.6 is 0 Å². The Morgan fingerprint density at radius 1 is 1.18 bits per heavy atom. The number of nitrogens with zero attached hydrogens (tertiary/aromatic N) is 1. The first-order chi connectivity index (χ1) is 7.38. The van der Waals surface area contributed by atoms with E-state index >= 15 is 0 Å². The van der Waals surface area contributed by atoms with Crippen molar-refractivity contribution in [2.45, 2.75) is 19.0 Å². The molecule has 1 saturated heterocycles. The van der Waals surface area contributed by atoms with E-state index in [1.807, 2.05) is 0 Å². The average molecular weight is 236 g/mol. The normalized spacial score (nSPS) is 30.1. The molecule has 1 aromatic rings. The second kappa shape index (κ2) is 5.60. The lowest BCUT2D eigenvalue weighted by Crippen LogP contribution is -2.38. The molecule has 1 aliphatic heterocycles. The SMILES string of the molecule is N.N.NCC1C2CC2CN1Cc1ccccc1. The van der Waals surface area contributed by atoms with Crippen LogP contribution in [0.1, 0.15) is 12.0 Å². The highest BCUT2D eigenvalue weighted by atomic mass is 15.2. The molecule has 3 unspecified atom stereocenters. The maximum atomic E-state index is 5.85. The van der Waals surface area contributed by atoms with Gasteiger partial charge in [-0.1, -0.05) is 30.3 Å². The first-order valence-corrected chi connectivity index (χ1v) is 5.86. The quantitative estimate of drug-likeness (QED) is 0.745. The monoisotopic (exact) mass is 236 g/mol. The lowest BCUT2D eigenvalue weighted by molar-refractivity contribution is 0.216. The molecule has 4 nitrogen and oxygen atoms in total. The number of hydrogen-bond donors (Lipinski definition) is 3. The van der Waals surface area contributed by atoms with Crippen LogP contribution in [-0.2, 0) is 6.54 Å². The standard InChI is InChI=1S/C13H18N2.2H3N/c14-7-13-12-6-11(12)9-15(13)8-10-4-2-1-3-5-10;;/h1-5,11-13H,6-9,14H2;2*1H3. The van der Waals surface area contributed by atoms with Crippen LogP contribution in [0.25, 0.3) is 0 Å². The van der Waals surface area contributed by atoms with Crippen molar-refractivity contribution in [3.63, 3.8) is 0 Å². The zero-order valence-corrected chi connectivity index (χ0v) is 10.4. The molecule has 0 aromatic heterocycles. The summed E-state index contributed by atoms with van der Waals surface area (Å²) in [6, 6.07) is 11.4. The highest BCUT2D eigenvalue weighted by Crippen LogP contribution is 2.49. The van der Waals surface area contributed by atoms with Gasteiger partial charge in [-0.15, -0.1) is 0 Å². The Labute approximate surface area is 103 Å². The minimum atomic E-state index is 0. The molecule has 8 N–H and O–H groups in total. The van der Waals surface area contributed by atoms with Crippen LogP contribution in [-0.4, -0.2) is 24.0 Å². The Kier molecular flexibility index (Phi) is 4.65. The molecule has 1 saturated carbocycles. The zero-order chi connectivity index (χ0) is 10.3. The van der Waals surface area contributed by atoms with E-state index in [1.165, 1.54) is 18.5 Å². The van der Waals surface area contributed by atoms with Crippen LogP contribution in [0.3, 0.4) is 0 Å². The molecule has 96 valence electrons. The highest BCUT2D eigenvalue weighted by molar-refractivity contribution is 5.16. The Bertz CT molecular complexity index is 341. The van der Waals surface area contributed by atoms with E-state index in [9.17, 15) is 0 Å². The van der Waals surface area contributed by atoms with Crippen molar-refractivity contribution in [1.29, 1.82) is 0 Å². The van der Waals surface area contributed by atoms with Gasteiger partial charge in [-0.25, -0.2) is 0 Å². The van der Waals surface area contributed by atoms with Gasteiger partial charge in [0.2, 0.25) is 0 Å². The minimum absolute atomic E-state index is 0. The average Bonchev–Trinajstić information content (AvgIpc) is 2.93. The molecule has 1 aromatic carbocycles.